The minimum atomic E-state index is -0.500. The SMILES string of the molecule is O=C(CSc1nnc2c(n1)[nH]c1ccc(Cl)cc12)Nc1ccc([N+](=O)[O-])cc1. The average molecular weight is 415 g/mol. The second kappa shape index (κ2) is 7.41. The van der Waals surface area contributed by atoms with E-state index in [2.05, 4.69) is 25.5 Å². The molecule has 0 saturated heterocycles. The van der Waals surface area contributed by atoms with Crippen molar-refractivity contribution in [2.45, 2.75) is 5.16 Å². The summed E-state index contributed by atoms with van der Waals surface area (Å²) in [5, 5.41) is 23.3. The molecule has 2 N–H and O–H groups in total. The summed E-state index contributed by atoms with van der Waals surface area (Å²) in [7, 11) is 0. The van der Waals surface area contributed by atoms with Gasteiger partial charge in [-0.2, -0.15) is 0 Å². The highest BCUT2D eigenvalue weighted by Gasteiger charge is 2.12. The lowest BCUT2D eigenvalue weighted by Gasteiger charge is -2.04. The van der Waals surface area contributed by atoms with E-state index >= 15 is 0 Å². The number of carbonyl (C=O) groups excluding carboxylic acids is 1. The van der Waals surface area contributed by atoms with Crippen LogP contribution in [0.1, 0.15) is 0 Å². The number of aromatic amines is 1. The predicted octanol–water partition coefficient (Wildman–Crippen LogP) is 3.80. The number of aromatic nitrogens is 4. The number of nitrogens with zero attached hydrogens (tertiary/aromatic N) is 4. The van der Waals surface area contributed by atoms with Crippen molar-refractivity contribution in [2.75, 3.05) is 11.1 Å². The van der Waals surface area contributed by atoms with Crippen LogP contribution in [0.5, 0.6) is 0 Å². The van der Waals surface area contributed by atoms with Gasteiger partial charge in [0, 0.05) is 33.7 Å². The topological polar surface area (TPSA) is 127 Å². The highest BCUT2D eigenvalue weighted by molar-refractivity contribution is 7.99. The minimum absolute atomic E-state index is 0.0419. The fourth-order valence-corrected chi connectivity index (χ4v) is 3.34. The standard InChI is InChI=1S/C17H11ClN6O3S/c18-9-1-6-13-12(7-9)15-16(20-13)21-17(23-22-15)28-8-14(25)19-10-2-4-11(5-3-10)24(26)27/h1-7H,8H2,(H,19,25)(H,20,21,23). The summed E-state index contributed by atoms with van der Waals surface area (Å²) >= 11 is 7.15. The molecular formula is C17H11ClN6O3S. The number of H-pyrrole nitrogens is 1. The van der Waals surface area contributed by atoms with Crippen molar-refractivity contribution in [1.82, 2.24) is 20.2 Å². The van der Waals surface area contributed by atoms with Crippen molar-refractivity contribution in [3.05, 3.63) is 57.6 Å². The van der Waals surface area contributed by atoms with Crippen molar-refractivity contribution < 1.29 is 9.72 Å². The lowest BCUT2D eigenvalue weighted by Crippen LogP contribution is -2.14. The van der Waals surface area contributed by atoms with E-state index < -0.39 is 4.92 Å². The van der Waals surface area contributed by atoms with Crippen LogP contribution in [0.3, 0.4) is 0 Å². The summed E-state index contributed by atoms with van der Waals surface area (Å²) in [6.07, 6.45) is 0. The Balaban J connectivity index is 1.44. The number of anilines is 1. The maximum atomic E-state index is 12.1. The molecule has 4 aromatic rings. The lowest BCUT2D eigenvalue weighted by atomic mass is 10.2. The first kappa shape index (κ1) is 18.1. The number of nitro groups is 1. The number of nitrogens with one attached hydrogen (secondary N) is 2. The number of benzene rings is 2. The molecule has 0 aliphatic heterocycles. The highest BCUT2D eigenvalue weighted by Crippen LogP contribution is 2.26. The van der Waals surface area contributed by atoms with Crippen LogP contribution < -0.4 is 5.32 Å². The molecule has 2 aromatic heterocycles. The fourth-order valence-electron chi connectivity index (χ4n) is 2.58. The van der Waals surface area contributed by atoms with E-state index in [1.807, 2.05) is 6.07 Å². The molecule has 0 atom stereocenters. The summed E-state index contributed by atoms with van der Waals surface area (Å²) in [4.78, 5) is 29.8. The van der Waals surface area contributed by atoms with E-state index in [4.69, 9.17) is 11.6 Å². The highest BCUT2D eigenvalue weighted by atomic mass is 35.5. The van der Waals surface area contributed by atoms with Gasteiger partial charge >= 0.3 is 0 Å². The number of amides is 1. The quantitative estimate of drug-likeness (QED) is 0.289. The van der Waals surface area contributed by atoms with Gasteiger partial charge in [-0.15, -0.1) is 10.2 Å². The lowest BCUT2D eigenvalue weighted by molar-refractivity contribution is -0.384. The average Bonchev–Trinajstić information content (AvgIpc) is 3.04. The van der Waals surface area contributed by atoms with E-state index in [1.165, 1.54) is 24.3 Å². The van der Waals surface area contributed by atoms with Gasteiger partial charge in [0.05, 0.1) is 10.7 Å². The van der Waals surface area contributed by atoms with E-state index in [-0.39, 0.29) is 17.3 Å². The van der Waals surface area contributed by atoms with Crippen molar-refractivity contribution in [3.63, 3.8) is 0 Å². The number of carbonyl (C=O) groups is 1. The van der Waals surface area contributed by atoms with Crippen molar-refractivity contribution in [2.24, 2.45) is 0 Å². The van der Waals surface area contributed by atoms with Crippen LogP contribution in [-0.2, 0) is 4.79 Å². The largest absolute Gasteiger partial charge is 0.338 e. The minimum Gasteiger partial charge on any atom is -0.338 e. The third-order valence-corrected chi connectivity index (χ3v) is 4.92. The van der Waals surface area contributed by atoms with Gasteiger partial charge < -0.3 is 10.3 Å². The molecule has 140 valence electrons. The van der Waals surface area contributed by atoms with Gasteiger partial charge in [-0.1, -0.05) is 23.4 Å². The van der Waals surface area contributed by atoms with Crippen molar-refractivity contribution >= 4 is 62.7 Å². The summed E-state index contributed by atoms with van der Waals surface area (Å²) in [6.45, 7) is 0. The Bertz CT molecular complexity index is 1210. The Morgan fingerprint density at radius 3 is 2.75 bits per heavy atom. The van der Waals surface area contributed by atoms with E-state index in [9.17, 15) is 14.9 Å². The molecule has 2 aromatic carbocycles. The van der Waals surface area contributed by atoms with Gasteiger partial charge in [-0.3, -0.25) is 14.9 Å². The monoisotopic (exact) mass is 414 g/mol. The molecule has 0 radical (unpaired) electrons. The summed E-state index contributed by atoms with van der Waals surface area (Å²) in [5.74, 6) is -0.220. The molecule has 11 heteroatoms. The van der Waals surface area contributed by atoms with Gasteiger partial charge in [-0.05, 0) is 30.3 Å². The third-order valence-electron chi connectivity index (χ3n) is 3.85. The number of thioether (sulfide) groups is 1. The summed E-state index contributed by atoms with van der Waals surface area (Å²) < 4.78 is 0. The molecule has 0 fully saturated rings. The smallest absolute Gasteiger partial charge is 0.269 e. The Kier molecular flexibility index (Phi) is 4.80. The predicted molar refractivity (Wildman–Crippen MR) is 107 cm³/mol. The van der Waals surface area contributed by atoms with Crippen LogP contribution in [0.4, 0.5) is 11.4 Å². The number of rotatable bonds is 5. The molecule has 0 spiro atoms. The molecule has 0 bridgehead atoms. The fraction of sp³-hybridized carbons (Fsp3) is 0.0588. The molecular weight excluding hydrogens is 404 g/mol. The maximum absolute atomic E-state index is 12.1. The number of hydrogen-bond donors (Lipinski definition) is 2. The van der Waals surface area contributed by atoms with Gasteiger partial charge in [-0.25, -0.2) is 4.98 Å². The number of fused-ring (bicyclic) bond motifs is 3. The zero-order chi connectivity index (χ0) is 19.7. The van der Waals surface area contributed by atoms with Crippen LogP contribution in [-0.4, -0.2) is 36.7 Å². The van der Waals surface area contributed by atoms with E-state index in [0.29, 0.717) is 27.0 Å². The van der Waals surface area contributed by atoms with Crippen molar-refractivity contribution in [1.29, 1.82) is 0 Å². The Morgan fingerprint density at radius 2 is 2.00 bits per heavy atom. The Labute approximate surface area is 166 Å². The van der Waals surface area contributed by atoms with Crippen LogP contribution in [0.15, 0.2) is 47.6 Å². The second-order valence-electron chi connectivity index (χ2n) is 5.75. The Hall–Kier alpha value is -3.24. The molecule has 9 nitrogen and oxygen atoms in total. The molecule has 0 aliphatic carbocycles. The number of nitro benzene ring substituents is 1. The maximum Gasteiger partial charge on any atom is 0.269 e. The van der Waals surface area contributed by atoms with Crippen LogP contribution in [0.25, 0.3) is 22.1 Å². The third kappa shape index (κ3) is 3.73. The van der Waals surface area contributed by atoms with Gasteiger partial charge in [0.15, 0.2) is 5.65 Å². The molecule has 1 amide bonds. The van der Waals surface area contributed by atoms with Gasteiger partial charge in [0.1, 0.15) is 5.52 Å². The molecule has 0 saturated carbocycles. The van der Waals surface area contributed by atoms with Crippen LogP contribution in [0, 0.1) is 10.1 Å². The van der Waals surface area contributed by atoms with Gasteiger partial charge in [0.25, 0.3) is 5.69 Å². The normalized spacial score (nSPS) is 11.0. The van der Waals surface area contributed by atoms with Gasteiger partial charge in [0.2, 0.25) is 11.1 Å². The van der Waals surface area contributed by atoms with Crippen LogP contribution >= 0.6 is 23.4 Å². The number of halogens is 1. The molecule has 0 unspecified atom stereocenters. The summed E-state index contributed by atoms with van der Waals surface area (Å²) in [5.41, 5.74) is 2.44. The molecule has 4 rings (SSSR count). The molecule has 28 heavy (non-hydrogen) atoms. The van der Waals surface area contributed by atoms with E-state index in [0.717, 1.165) is 22.7 Å². The summed E-state index contributed by atoms with van der Waals surface area (Å²) in [6, 6.07) is 11.0. The zero-order valence-electron chi connectivity index (χ0n) is 14.0. The Morgan fingerprint density at radius 1 is 1.21 bits per heavy atom. The first-order valence-corrected chi connectivity index (χ1v) is 9.35. The molecule has 2 heterocycles. The first-order chi connectivity index (χ1) is 13.5. The zero-order valence-corrected chi connectivity index (χ0v) is 15.6. The second-order valence-corrected chi connectivity index (χ2v) is 7.13. The molecule has 0 aliphatic rings. The first-order valence-electron chi connectivity index (χ1n) is 7.98. The number of non-ortho nitro benzene ring substituents is 1. The van der Waals surface area contributed by atoms with E-state index in [1.54, 1.807) is 12.1 Å². The van der Waals surface area contributed by atoms with Crippen LogP contribution in [0.2, 0.25) is 5.02 Å². The van der Waals surface area contributed by atoms with Crippen molar-refractivity contribution in [3.8, 4) is 0 Å². The number of hydrogen-bond acceptors (Lipinski definition) is 7.